The first kappa shape index (κ1) is 28.6. The number of hydrogen-bond donors (Lipinski definition) is 2. The van der Waals surface area contributed by atoms with Crippen molar-refractivity contribution in [3.8, 4) is 0 Å². The minimum absolute atomic E-state index is 0. The summed E-state index contributed by atoms with van der Waals surface area (Å²) in [6.45, 7) is 0. The van der Waals surface area contributed by atoms with Gasteiger partial charge in [-0.05, 0) is 22.0 Å². The van der Waals surface area contributed by atoms with Gasteiger partial charge in [-0.25, -0.2) is 19.6 Å². The van der Waals surface area contributed by atoms with E-state index in [1.54, 1.807) is 6.07 Å². The number of H-pyrrole nitrogens is 2. The Bertz CT molecular complexity index is 505. The summed E-state index contributed by atoms with van der Waals surface area (Å²) >= 11 is 8.61. The zero-order valence-corrected chi connectivity index (χ0v) is 17.7. The number of rotatable bonds is 0. The fraction of sp³-hybridized carbons (Fsp3) is 0. The molecule has 0 aromatic carbocycles. The van der Waals surface area contributed by atoms with Crippen molar-refractivity contribution in [3.63, 3.8) is 0 Å². The van der Waals surface area contributed by atoms with Gasteiger partial charge in [0.1, 0.15) is 0 Å². The van der Waals surface area contributed by atoms with Crippen molar-refractivity contribution < 1.29 is 35.0 Å². The Kier molecular flexibility index (Phi) is 27.8. The largest absolute Gasteiger partial charge is 1.00 e. The Morgan fingerprint density at radius 3 is 1.85 bits per heavy atom. The number of nitrogens with one attached hydrogen (secondary N) is 2. The van der Waals surface area contributed by atoms with Gasteiger partial charge in [-0.2, -0.15) is 0 Å². The maximum Gasteiger partial charge on any atom is 1.00 e. The maximum absolute atomic E-state index is 10.2. The molecular weight excluding hydrogens is 498 g/mol. The molecule has 2 rings (SSSR count). The molecule has 0 atom stereocenters. The number of nitrogens with zero attached hydrogens (tertiary/aromatic N) is 2. The van der Waals surface area contributed by atoms with Crippen LogP contribution in [0.3, 0.4) is 0 Å². The van der Waals surface area contributed by atoms with Crippen LogP contribution in [-0.2, 0) is 0 Å². The van der Waals surface area contributed by atoms with Crippen LogP contribution in [0, 0.1) is 0 Å². The second kappa shape index (κ2) is 19.4. The van der Waals surface area contributed by atoms with Crippen molar-refractivity contribution in [2.45, 2.75) is 0 Å². The van der Waals surface area contributed by atoms with E-state index in [1.165, 1.54) is 24.8 Å². The second-order valence-electron chi connectivity index (χ2n) is 2.32. The van der Waals surface area contributed by atoms with Crippen LogP contribution in [0.15, 0.2) is 44.9 Å². The van der Waals surface area contributed by atoms with E-state index < -0.39 is 0 Å². The Morgan fingerprint density at radius 2 is 1.60 bits per heavy atom. The van der Waals surface area contributed by atoms with E-state index in [4.69, 9.17) is 0 Å². The van der Waals surface area contributed by atoms with Gasteiger partial charge >= 0.3 is 40.9 Å². The van der Waals surface area contributed by atoms with Gasteiger partial charge in [0, 0.05) is 53.0 Å². The number of halogens is 4. The fourth-order valence-corrected chi connectivity index (χ4v) is 0.853. The quantitative estimate of drug-likeness (QED) is 0.455. The molecule has 0 spiro atoms. The Morgan fingerprint density at radius 1 is 1.05 bits per heavy atom. The number of aromatic nitrogens is 4. The molecule has 20 heavy (non-hydrogen) atoms. The minimum atomic E-state index is -0.326. The molecule has 12 heteroatoms. The zero-order chi connectivity index (χ0) is 13.1. The molecule has 0 aliphatic carbocycles. The van der Waals surface area contributed by atoms with Crippen LogP contribution in [0.25, 0.3) is 0 Å². The molecule has 0 aliphatic rings. The summed E-state index contributed by atoms with van der Waals surface area (Å²) in [5.41, 5.74) is -0.629. The van der Waals surface area contributed by atoms with Gasteiger partial charge in [-0.1, -0.05) is 0 Å². The van der Waals surface area contributed by atoms with Crippen LogP contribution >= 0.6 is 56.6 Å². The monoisotopic (exact) mass is 504 g/mol. The maximum atomic E-state index is 10.2. The molecular formula is C8H9Br3ClN4NaO3. The summed E-state index contributed by atoms with van der Waals surface area (Å²) < 4.78 is 0.775. The van der Waals surface area contributed by atoms with Crippen molar-refractivity contribution in [3.05, 3.63) is 56.3 Å². The first-order valence-corrected chi connectivity index (χ1v) is 8.53. The summed E-state index contributed by atoms with van der Waals surface area (Å²) in [7, 11) is 0. The third-order valence-corrected chi connectivity index (χ3v) is 1.65. The van der Waals surface area contributed by atoms with E-state index in [2.05, 4.69) is 64.1 Å². The van der Waals surface area contributed by atoms with Crippen molar-refractivity contribution in [1.82, 2.24) is 19.9 Å². The van der Waals surface area contributed by atoms with Gasteiger partial charge in [0.2, 0.25) is 0 Å². The third kappa shape index (κ3) is 16.5. The van der Waals surface area contributed by atoms with E-state index in [9.17, 15) is 9.59 Å². The first-order chi connectivity index (χ1) is 8.18. The van der Waals surface area contributed by atoms with Crippen LogP contribution < -0.4 is 40.9 Å². The van der Waals surface area contributed by atoms with Gasteiger partial charge < -0.3 is 15.4 Å². The molecule has 0 unspecified atom stereocenters. The van der Waals surface area contributed by atoms with Crippen LogP contribution in [0.5, 0.6) is 0 Å². The van der Waals surface area contributed by atoms with Crippen molar-refractivity contribution in [1.29, 1.82) is 0 Å². The summed E-state index contributed by atoms with van der Waals surface area (Å²) in [5.74, 6) is 0. The molecule has 0 fully saturated rings. The first-order valence-electron chi connectivity index (χ1n) is 4.03. The van der Waals surface area contributed by atoms with Gasteiger partial charge in [0.25, 0.3) is 0 Å². The van der Waals surface area contributed by atoms with Crippen LogP contribution in [0.1, 0.15) is 0 Å². The molecule has 2 aromatic rings. The van der Waals surface area contributed by atoms with E-state index >= 15 is 0 Å². The minimum Gasteiger partial charge on any atom is -0.870 e. The predicted molar refractivity (Wildman–Crippen MR) is 84.5 cm³/mol. The molecule has 2 heterocycles. The molecule has 108 valence electrons. The Hall–Kier alpha value is 0.450. The molecule has 7 nitrogen and oxygen atoms in total. The SMILES string of the molecule is BrBr.Cl.O=c1ncc(Br)c[nH]1.O=c1nccc[nH]1.[Na+].[OH-]. The summed E-state index contributed by atoms with van der Waals surface area (Å²) in [6, 6.07) is 1.65. The molecule has 0 aliphatic heterocycles. The average Bonchev–Trinajstić information content (AvgIpc) is 2.37. The molecule has 2 aromatic heterocycles. The topological polar surface area (TPSA) is 122 Å². The number of hydrogen-bond acceptors (Lipinski definition) is 5. The van der Waals surface area contributed by atoms with E-state index in [0.717, 1.165) is 4.47 Å². The fourth-order valence-electron chi connectivity index (χ4n) is 0.636. The Balaban J connectivity index is -0.000000101. The molecule has 0 radical (unpaired) electrons. The standard InChI is InChI=1S/C4H3BrN2O.C4H4N2O.Br2.ClH.Na.H2O/c5-3-1-6-4(8)7-2-3;7-4-5-2-1-3-6-4;1-2;;;/h1-2H,(H,6,7,8);1-3H,(H,5,6,7);;1H;;1H2/q;;;;+1;/p-1. The molecule has 0 saturated heterocycles. The van der Waals surface area contributed by atoms with E-state index in [-0.39, 0.29) is 58.8 Å². The van der Waals surface area contributed by atoms with Crippen molar-refractivity contribution in [2.24, 2.45) is 0 Å². The average molecular weight is 507 g/mol. The molecule has 3 N–H and O–H groups in total. The summed E-state index contributed by atoms with van der Waals surface area (Å²) in [4.78, 5) is 31.9. The smallest absolute Gasteiger partial charge is 0.870 e. The van der Waals surface area contributed by atoms with Gasteiger partial charge in [-0.15, -0.1) is 12.4 Å². The zero-order valence-electron chi connectivity index (χ0n) is 10.1. The third-order valence-electron chi connectivity index (χ3n) is 1.22. The van der Waals surface area contributed by atoms with E-state index in [1.807, 2.05) is 0 Å². The summed E-state index contributed by atoms with van der Waals surface area (Å²) in [6.07, 6.45) is 5.96. The Labute approximate surface area is 166 Å². The second-order valence-corrected chi connectivity index (χ2v) is 3.24. The molecule has 0 saturated carbocycles. The van der Waals surface area contributed by atoms with Gasteiger partial charge in [0.05, 0.1) is 4.47 Å². The molecule has 0 bridgehead atoms. The van der Waals surface area contributed by atoms with Crippen molar-refractivity contribution in [2.75, 3.05) is 0 Å². The summed E-state index contributed by atoms with van der Waals surface area (Å²) in [5, 5.41) is 0. The number of aromatic amines is 2. The predicted octanol–water partition coefficient (Wildman–Crippen LogP) is -0.758. The van der Waals surface area contributed by atoms with Gasteiger partial charge in [0.15, 0.2) is 0 Å². The van der Waals surface area contributed by atoms with Crippen LogP contribution in [-0.4, -0.2) is 25.4 Å². The van der Waals surface area contributed by atoms with Crippen LogP contribution in [0.4, 0.5) is 0 Å². The van der Waals surface area contributed by atoms with Crippen molar-refractivity contribution >= 4 is 56.6 Å². The normalized spacial score (nSPS) is 6.95. The van der Waals surface area contributed by atoms with E-state index in [0.29, 0.717) is 0 Å². The van der Waals surface area contributed by atoms with Crippen LogP contribution in [0.2, 0.25) is 0 Å². The molecule has 0 amide bonds. The van der Waals surface area contributed by atoms with Gasteiger partial charge in [-0.3, -0.25) is 0 Å².